The van der Waals surface area contributed by atoms with Gasteiger partial charge in [-0.15, -0.1) is 32.8 Å². The normalized spacial score (nSPS) is 11.7. The summed E-state index contributed by atoms with van der Waals surface area (Å²) in [4.78, 5) is 14.5. The van der Waals surface area contributed by atoms with Crippen molar-refractivity contribution in [3.63, 3.8) is 0 Å². The second kappa shape index (κ2) is 13.5. The smallest absolute Gasteiger partial charge is 0.167 e. The second-order valence-corrected chi connectivity index (χ2v) is 14.4. The molecule has 0 amide bonds. The van der Waals surface area contributed by atoms with Crippen LogP contribution in [0.1, 0.15) is 0 Å². The molecule has 13 heteroatoms. The molecule has 10 aromatic rings. The van der Waals surface area contributed by atoms with Crippen LogP contribution in [0.4, 0.5) is 0 Å². The van der Waals surface area contributed by atoms with Crippen LogP contribution in [0.5, 0.6) is 0 Å². The molecular weight excluding hydrogens is 696 g/mol. The van der Waals surface area contributed by atoms with Gasteiger partial charge in [0.25, 0.3) is 0 Å². The third-order valence-corrected chi connectivity index (χ3v) is 11.1. The topological polar surface area (TPSA) is 51.8 Å². The molecule has 10 rings (SSSR count). The van der Waals surface area contributed by atoms with Crippen LogP contribution in [0.15, 0.2) is 114 Å². The van der Waals surface area contributed by atoms with E-state index in [1.54, 1.807) is 6.07 Å². The van der Waals surface area contributed by atoms with Crippen LogP contribution in [0, 0.1) is 0 Å². The van der Waals surface area contributed by atoms with Crippen molar-refractivity contribution in [1.29, 1.82) is 0 Å². The molecule has 58 heavy (non-hydrogen) atoms. The quantitative estimate of drug-likeness (QED) is 0.202. The number of para-hydroxylation sites is 1. The Morgan fingerprint density at radius 1 is 0.345 bits per heavy atom. The lowest BCUT2D eigenvalue weighted by atomic mass is 9.60. The molecule has 0 fully saturated rings. The Balaban J connectivity index is 1.18. The van der Waals surface area contributed by atoms with Gasteiger partial charge in [0.2, 0.25) is 0 Å². The van der Waals surface area contributed by atoms with Gasteiger partial charge in [-0.25, -0.2) is 15.0 Å². The van der Waals surface area contributed by atoms with Gasteiger partial charge in [-0.3, -0.25) is 0 Å². The van der Waals surface area contributed by atoms with Gasteiger partial charge in [0.1, 0.15) is 81.8 Å². The van der Waals surface area contributed by atoms with Gasteiger partial charge < -0.3 is 4.42 Å². The molecule has 8 aromatic carbocycles. The van der Waals surface area contributed by atoms with Crippen molar-refractivity contribution in [1.82, 2.24) is 15.0 Å². The zero-order valence-corrected chi connectivity index (χ0v) is 30.8. The van der Waals surface area contributed by atoms with Gasteiger partial charge in [0.15, 0.2) is 17.5 Å². The molecular formula is C45H18B9N3O. The van der Waals surface area contributed by atoms with Crippen molar-refractivity contribution >= 4 is 174 Å². The first-order valence-electron chi connectivity index (χ1n) is 18.3. The zero-order valence-electron chi connectivity index (χ0n) is 30.8. The molecule has 0 N–H and O–H groups in total. The Labute approximate surface area is 346 Å². The van der Waals surface area contributed by atoms with Crippen molar-refractivity contribution in [3.05, 3.63) is 109 Å². The fourth-order valence-corrected chi connectivity index (χ4v) is 8.00. The third kappa shape index (κ3) is 5.46. The van der Waals surface area contributed by atoms with Gasteiger partial charge in [-0.1, -0.05) is 101 Å². The molecule has 0 atom stereocenters. The van der Waals surface area contributed by atoms with E-state index in [-0.39, 0.29) is 72.2 Å². The Morgan fingerprint density at radius 2 is 0.828 bits per heavy atom. The van der Waals surface area contributed by atoms with Crippen molar-refractivity contribution in [2.45, 2.75) is 0 Å². The Kier molecular flexibility index (Phi) is 8.46. The highest BCUT2D eigenvalue weighted by atomic mass is 16.3. The van der Waals surface area contributed by atoms with E-state index in [9.17, 15) is 0 Å². The molecule has 0 saturated carbocycles. The van der Waals surface area contributed by atoms with Crippen LogP contribution >= 0.6 is 0 Å². The summed E-state index contributed by atoms with van der Waals surface area (Å²) in [5.74, 6) is 0.365. The van der Waals surface area contributed by atoms with Gasteiger partial charge in [0, 0.05) is 21.9 Å². The number of rotatable bonds is 4. The van der Waals surface area contributed by atoms with Crippen LogP contribution in [-0.2, 0) is 0 Å². The molecule has 0 aliphatic heterocycles. The predicted molar refractivity (Wildman–Crippen MR) is 250 cm³/mol. The molecule has 0 aliphatic carbocycles. The van der Waals surface area contributed by atoms with Crippen molar-refractivity contribution in [3.8, 4) is 45.3 Å². The summed E-state index contributed by atoms with van der Waals surface area (Å²) in [6.45, 7) is 0. The minimum Gasteiger partial charge on any atom is -0.455 e. The lowest BCUT2D eigenvalue weighted by molar-refractivity contribution is 0.669. The molecule has 2 heterocycles. The van der Waals surface area contributed by atoms with Crippen LogP contribution in [0.25, 0.3) is 99.5 Å². The van der Waals surface area contributed by atoms with Gasteiger partial charge in [-0.05, 0) is 67.7 Å². The van der Waals surface area contributed by atoms with E-state index >= 15 is 0 Å². The SMILES string of the molecule is [B]c1cc(-c2nc(-c3c([B])c([B])c([B])c([B])c3[B])nc(-c3cccc4c3oc3ccc(-c5ccc6c7ccccc7c7ccccc7c6c5)cc34)n2)c([B])c([B])c1[B]. The maximum absolute atomic E-state index is 6.59. The first-order valence-corrected chi connectivity index (χ1v) is 18.3. The number of hydrogen-bond donors (Lipinski definition) is 0. The number of fused-ring (bicyclic) bond motifs is 9. The Morgan fingerprint density at radius 3 is 1.47 bits per heavy atom. The molecule has 0 unspecified atom stereocenters. The van der Waals surface area contributed by atoms with Crippen LogP contribution in [-0.4, -0.2) is 85.6 Å². The minimum absolute atomic E-state index is 0.0360. The van der Waals surface area contributed by atoms with Crippen molar-refractivity contribution in [2.75, 3.05) is 0 Å². The first kappa shape index (κ1) is 36.3. The van der Waals surface area contributed by atoms with Crippen LogP contribution < -0.4 is 49.2 Å². The molecule has 4 nitrogen and oxygen atoms in total. The maximum Gasteiger partial charge on any atom is 0.167 e. The number of furan rings is 1. The number of nitrogens with zero attached hydrogens (tertiary/aromatic N) is 3. The van der Waals surface area contributed by atoms with Crippen molar-refractivity contribution in [2.24, 2.45) is 0 Å². The Hall–Kier alpha value is -6.07. The second-order valence-electron chi connectivity index (χ2n) is 14.4. The average molecular weight is 714 g/mol. The van der Waals surface area contributed by atoms with Gasteiger partial charge in [-0.2, -0.15) is 0 Å². The lowest BCUT2D eigenvalue weighted by Gasteiger charge is -2.21. The highest BCUT2D eigenvalue weighted by Crippen LogP contribution is 2.40. The molecule has 0 spiro atoms. The van der Waals surface area contributed by atoms with E-state index in [1.165, 1.54) is 32.3 Å². The molecule has 2 aromatic heterocycles. The number of benzene rings is 8. The van der Waals surface area contributed by atoms with Crippen molar-refractivity contribution < 1.29 is 4.42 Å². The molecule has 0 bridgehead atoms. The number of aromatic nitrogens is 3. The van der Waals surface area contributed by atoms with E-state index in [2.05, 4.69) is 78.9 Å². The average Bonchev–Trinajstić information content (AvgIpc) is 3.63. The van der Waals surface area contributed by atoms with E-state index in [1.807, 2.05) is 24.3 Å². The van der Waals surface area contributed by atoms with E-state index < -0.39 is 0 Å². The Bertz CT molecular complexity index is 3360. The molecule has 18 radical (unpaired) electrons. The summed E-state index contributed by atoms with van der Waals surface area (Å²) in [6, 6.07) is 37.2. The largest absolute Gasteiger partial charge is 0.455 e. The molecule has 246 valence electrons. The summed E-state index contributed by atoms with van der Waals surface area (Å²) < 4.78 is 6.59. The standard InChI is InChI=1S/C45H18B9N3O/c46-31-18-30(34(47)38(51)35(31)48)44-55-43(56-45(57-44)33-36(49)39(52)41(54)40(53)37(33)50)27-11-5-10-26-29-17-20(13-15-32(29)58-42(26)27)19-12-14-25-23-8-2-1-6-21(23)22-7-3-4-9-24(22)28(25)16-19/h1-18H. The summed E-state index contributed by atoms with van der Waals surface area (Å²) in [6.07, 6.45) is 0. The van der Waals surface area contributed by atoms with Crippen LogP contribution in [0.2, 0.25) is 0 Å². The first-order chi connectivity index (χ1) is 28.0. The van der Waals surface area contributed by atoms with Gasteiger partial charge >= 0.3 is 0 Å². The van der Waals surface area contributed by atoms with E-state index in [4.69, 9.17) is 90.0 Å². The fraction of sp³-hybridized carbons (Fsp3) is 0. The summed E-state index contributed by atoms with van der Waals surface area (Å²) in [5, 5.41) is 9.01. The number of hydrogen-bond acceptors (Lipinski definition) is 4. The van der Waals surface area contributed by atoms with Gasteiger partial charge in [0.05, 0.1) is 5.56 Å². The fourth-order valence-electron chi connectivity index (χ4n) is 8.00. The van der Waals surface area contributed by atoms with Crippen LogP contribution in [0.3, 0.4) is 0 Å². The summed E-state index contributed by atoms with van der Waals surface area (Å²) >= 11 is 0. The molecule has 0 aliphatic rings. The van der Waals surface area contributed by atoms with E-state index in [0.29, 0.717) is 22.3 Å². The zero-order chi connectivity index (χ0) is 40.1. The van der Waals surface area contributed by atoms with E-state index in [0.717, 1.165) is 21.9 Å². The predicted octanol–water partition coefficient (Wildman–Crippen LogP) is 1.04. The highest BCUT2D eigenvalue weighted by Gasteiger charge is 2.22. The third-order valence-electron chi connectivity index (χ3n) is 11.1. The lowest BCUT2D eigenvalue weighted by Crippen LogP contribution is -2.55. The minimum atomic E-state index is 0.0360. The summed E-state index contributed by atoms with van der Waals surface area (Å²) in [7, 11) is 56.8. The molecule has 0 saturated heterocycles. The summed E-state index contributed by atoms with van der Waals surface area (Å²) in [5.41, 5.74) is 5.08. The highest BCUT2D eigenvalue weighted by molar-refractivity contribution is 6.68. The maximum atomic E-state index is 6.59. The monoisotopic (exact) mass is 715 g/mol.